The van der Waals surface area contributed by atoms with Crippen molar-refractivity contribution in [2.75, 3.05) is 5.32 Å². The molecule has 0 amide bonds. The van der Waals surface area contributed by atoms with Gasteiger partial charge in [0.05, 0.1) is 12.2 Å². The van der Waals surface area contributed by atoms with Crippen LogP contribution >= 0.6 is 0 Å². The molecule has 0 aromatic carbocycles. The Morgan fingerprint density at radius 2 is 2.12 bits per heavy atom. The van der Waals surface area contributed by atoms with E-state index >= 15 is 0 Å². The molecule has 0 bridgehead atoms. The lowest BCUT2D eigenvalue weighted by Crippen LogP contribution is -2.08. The third-order valence-corrected chi connectivity index (χ3v) is 2.47. The lowest BCUT2D eigenvalue weighted by atomic mass is 10.1. The summed E-state index contributed by atoms with van der Waals surface area (Å²) in [6, 6.07) is 2.21. The van der Waals surface area contributed by atoms with Crippen LogP contribution < -0.4 is 5.32 Å². The third kappa shape index (κ3) is 2.21. The third-order valence-electron chi connectivity index (χ3n) is 2.47. The molecule has 2 heterocycles. The van der Waals surface area contributed by atoms with Crippen molar-refractivity contribution in [1.29, 1.82) is 0 Å². The molecule has 0 spiro atoms. The van der Waals surface area contributed by atoms with Gasteiger partial charge in [-0.2, -0.15) is 0 Å². The van der Waals surface area contributed by atoms with Crippen LogP contribution in [0, 0.1) is 13.8 Å². The summed E-state index contributed by atoms with van der Waals surface area (Å²) in [5, 5.41) is 3.28. The molecule has 2 aromatic rings. The molecular formula is C12H15N3O. The van der Waals surface area contributed by atoms with Crippen molar-refractivity contribution in [3.8, 4) is 0 Å². The van der Waals surface area contributed by atoms with Gasteiger partial charge < -0.3 is 9.73 Å². The summed E-state index contributed by atoms with van der Waals surface area (Å²) in [5.41, 5.74) is 1.16. The Bertz CT molecular complexity index is 464. The largest absolute Gasteiger partial charge is 0.466 e. The summed E-state index contributed by atoms with van der Waals surface area (Å²) in [6.45, 7) is 5.99. The zero-order valence-electron chi connectivity index (χ0n) is 9.69. The first kappa shape index (κ1) is 10.7. The summed E-state index contributed by atoms with van der Waals surface area (Å²) in [7, 11) is 0. The first-order valence-electron chi connectivity index (χ1n) is 5.26. The number of aromatic nitrogens is 2. The molecule has 4 nitrogen and oxygen atoms in total. The number of hydrogen-bond donors (Lipinski definition) is 1. The molecule has 0 saturated carbocycles. The predicted octanol–water partition coefficient (Wildman–Crippen LogP) is 2.86. The second kappa shape index (κ2) is 4.35. The number of nitrogens with one attached hydrogen (secondary N) is 1. The quantitative estimate of drug-likeness (QED) is 0.858. The van der Waals surface area contributed by atoms with Gasteiger partial charge in [0.1, 0.15) is 17.3 Å². The average Bonchev–Trinajstić information content (AvgIpc) is 2.59. The van der Waals surface area contributed by atoms with Crippen LogP contribution in [-0.4, -0.2) is 9.97 Å². The van der Waals surface area contributed by atoms with Gasteiger partial charge >= 0.3 is 0 Å². The van der Waals surface area contributed by atoms with Gasteiger partial charge in [0.2, 0.25) is 0 Å². The first-order chi connectivity index (χ1) is 7.66. The maximum Gasteiger partial charge on any atom is 0.144 e. The maximum atomic E-state index is 5.50. The molecule has 1 unspecified atom stereocenters. The lowest BCUT2D eigenvalue weighted by molar-refractivity contribution is 0.499. The Kier molecular flexibility index (Phi) is 2.90. The zero-order chi connectivity index (χ0) is 11.5. The van der Waals surface area contributed by atoms with E-state index in [1.165, 1.54) is 0 Å². The van der Waals surface area contributed by atoms with Crippen molar-refractivity contribution in [2.24, 2.45) is 0 Å². The molecule has 2 rings (SSSR count). The van der Waals surface area contributed by atoms with Gasteiger partial charge in [-0.3, -0.25) is 4.98 Å². The molecule has 1 atom stereocenters. The van der Waals surface area contributed by atoms with Crippen LogP contribution in [0.2, 0.25) is 0 Å². The SMILES string of the molecule is Cc1cc(C(C)Nc2cnccn2)c(C)o1. The van der Waals surface area contributed by atoms with Crippen LogP contribution in [0.1, 0.15) is 30.0 Å². The predicted molar refractivity (Wildman–Crippen MR) is 62.3 cm³/mol. The highest BCUT2D eigenvalue weighted by atomic mass is 16.3. The molecule has 1 N–H and O–H groups in total. The number of furan rings is 1. The van der Waals surface area contributed by atoms with Gasteiger partial charge in [-0.15, -0.1) is 0 Å². The normalized spacial score (nSPS) is 12.4. The van der Waals surface area contributed by atoms with Gasteiger partial charge in [0, 0.05) is 18.0 Å². The number of aryl methyl sites for hydroxylation is 2. The molecule has 0 saturated heterocycles. The molecule has 16 heavy (non-hydrogen) atoms. The van der Waals surface area contributed by atoms with E-state index in [-0.39, 0.29) is 6.04 Å². The van der Waals surface area contributed by atoms with Crippen molar-refractivity contribution in [2.45, 2.75) is 26.8 Å². The van der Waals surface area contributed by atoms with Crippen LogP contribution in [0.5, 0.6) is 0 Å². The standard InChI is InChI=1S/C12H15N3O/c1-8-6-11(10(3)16-8)9(2)15-12-7-13-4-5-14-12/h4-7,9H,1-3H3,(H,14,15). The van der Waals surface area contributed by atoms with Crippen LogP contribution in [0.25, 0.3) is 0 Å². The highest BCUT2D eigenvalue weighted by Crippen LogP contribution is 2.23. The van der Waals surface area contributed by atoms with E-state index in [0.717, 1.165) is 22.9 Å². The van der Waals surface area contributed by atoms with Crippen molar-refractivity contribution in [3.63, 3.8) is 0 Å². The molecule has 0 aliphatic carbocycles. The fraction of sp³-hybridized carbons (Fsp3) is 0.333. The molecule has 84 valence electrons. The second-order valence-electron chi connectivity index (χ2n) is 3.83. The lowest BCUT2D eigenvalue weighted by Gasteiger charge is -2.12. The first-order valence-corrected chi connectivity index (χ1v) is 5.26. The van der Waals surface area contributed by atoms with Crippen molar-refractivity contribution < 1.29 is 4.42 Å². The molecular weight excluding hydrogens is 202 g/mol. The fourth-order valence-corrected chi connectivity index (χ4v) is 1.75. The minimum absolute atomic E-state index is 0.161. The van der Waals surface area contributed by atoms with Crippen LogP contribution in [0.4, 0.5) is 5.82 Å². The molecule has 0 aliphatic heterocycles. The fourth-order valence-electron chi connectivity index (χ4n) is 1.75. The van der Waals surface area contributed by atoms with Gasteiger partial charge in [-0.1, -0.05) is 0 Å². The van der Waals surface area contributed by atoms with Gasteiger partial charge in [-0.25, -0.2) is 4.98 Å². The molecule has 0 radical (unpaired) electrons. The van der Waals surface area contributed by atoms with Crippen LogP contribution in [-0.2, 0) is 0 Å². The molecule has 4 heteroatoms. The van der Waals surface area contributed by atoms with E-state index in [0.29, 0.717) is 0 Å². The maximum absolute atomic E-state index is 5.50. The van der Waals surface area contributed by atoms with Crippen LogP contribution in [0.15, 0.2) is 29.1 Å². The van der Waals surface area contributed by atoms with Gasteiger partial charge in [-0.05, 0) is 26.8 Å². The van der Waals surface area contributed by atoms with E-state index in [1.807, 2.05) is 19.9 Å². The number of anilines is 1. The van der Waals surface area contributed by atoms with E-state index in [4.69, 9.17) is 4.42 Å². The highest BCUT2D eigenvalue weighted by Gasteiger charge is 2.12. The van der Waals surface area contributed by atoms with E-state index in [1.54, 1.807) is 18.6 Å². The Morgan fingerprint density at radius 1 is 1.31 bits per heavy atom. The van der Waals surface area contributed by atoms with E-state index in [9.17, 15) is 0 Å². The summed E-state index contributed by atoms with van der Waals surface area (Å²) in [5.74, 6) is 2.65. The minimum Gasteiger partial charge on any atom is -0.466 e. The van der Waals surface area contributed by atoms with E-state index < -0.39 is 0 Å². The van der Waals surface area contributed by atoms with Gasteiger partial charge in [0.15, 0.2) is 0 Å². The van der Waals surface area contributed by atoms with Gasteiger partial charge in [0.25, 0.3) is 0 Å². The number of nitrogens with zero attached hydrogens (tertiary/aromatic N) is 2. The topological polar surface area (TPSA) is 51.0 Å². The van der Waals surface area contributed by atoms with Crippen LogP contribution in [0.3, 0.4) is 0 Å². The van der Waals surface area contributed by atoms with Crippen molar-refractivity contribution in [3.05, 3.63) is 41.7 Å². The highest BCUT2D eigenvalue weighted by molar-refractivity contribution is 5.36. The number of hydrogen-bond acceptors (Lipinski definition) is 4. The minimum atomic E-state index is 0.161. The summed E-state index contributed by atoms with van der Waals surface area (Å²) in [4.78, 5) is 8.19. The second-order valence-corrected chi connectivity index (χ2v) is 3.83. The molecule has 0 fully saturated rings. The Labute approximate surface area is 94.7 Å². The van der Waals surface area contributed by atoms with Crippen molar-refractivity contribution >= 4 is 5.82 Å². The molecule has 2 aromatic heterocycles. The summed E-state index contributed by atoms with van der Waals surface area (Å²) in [6.07, 6.45) is 5.03. The zero-order valence-corrected chi connectivity index (χ0v) is 9.69. The average molecular weight is 217 g/mol. The molecule has 0 aliphatic rings. The Morgan fingerprint density at radius 3 is 2.69 bits per heavy atom. The summed E-state index contributed by atoms with van der Waals surface area (Å²) >= 11 is 0. The Balaban J connectivity index is 2.14. The monoisotopic (exact) mass is 217 g/mol. The van der Waals surface area contributed by atoms with E-state index in [2.05, 4.69) is 22.2 Å². The Hall–Kier alpha value is -1.84. The van der Waals surface area contributed by atoms with Crippen molar-refractivity contribution in [1.82, 2.24) is 9.97 Å². The number of rotatable bonds is 3. The summed E-state index contributed by atoms with van der Waals surface area (Å²) < 4.78 is 5.50. The smallest absolute Gasteiger partial charge is 0.144 e.